The van der Waals surface area contributed by atoms with Crippen LogP contribution in [0.3, 0.4) is 0 Å². The van der Waals surface area contributed by atoms with Gasteiger partial charge in [-0.25, -0.2) is 0 Å². The Morgan fingerprint density at radius 1 is 0.375 bits per heavy atom. The molecule has 3 aromatic carbocycles. The van der Waals surface area contributed by atoms with E-state index in [-0.39, 0.29) is 21.7 Å². The van der Waals surface area contributed by atoms with Crippen LogP contribution in [0.15, 0.2) is 91.0 Å². The van der Waals surface area contributed by atoms with Crippen molar-refractivity contribution in [1.29, 1.82) is 0 Å². The summed E-state index contributed by atoms with van der Waals surface area (Å²) in [6, 6.07) is 26.1. The third-order valence-corrected chi connectivity index (χ3v) is 6.42. The summed E-state index contributed by atoms with van der Waals surface area (Å²) in [5, 5.41) is 25.9. The zero-order valence-electron chi connectivity index (χ0n) is 19.9. The Bertz CT molecular complexity index is 678. The van der Waals surface area contributed by atoms with Gasteiger partial charge in [-0.05, 0) is 66.0 Å². The van der Waals surface area contributed by atoms with Gasteiger partial charge in [-0.15, -0.1) is 0 Å². The molecular formula is C28H38O3Ti. The first-order valence-electron chi connectivity index (χ1n) is 11.0. The van der Waals surface area contributed by atoms with E-state index in [0.29, 0.717) is 17.2 Å². The molecule has 0 radical (unpaired) electrons. The molecular weight excluding hydrogens is 432 g/mol. The zero-order valence-corrected chi connectivity index (χ0v) is 21.5. The van der Waals surface area contributed by atoms with Gasteiger partial charge >= 0.3 is 0 Å². The van der Waals surface area contributed by atoms with Gasteiger partial charge in [0, 0.05) is 21.7 Å². The van der Waals surface area contributed by atoms with Gasteiger partial charge in [0.15, 0.2) is 0 Å². The summed E-state index contributed by atoms with van der Waals surface area (Å²) in [6.07, 6.45) is 0. The molecule has 1 fully saturated rings. The summed E-state index contributed by atoms with van der Waals surface area (Å²) in [7, 11) is 0. The van der Waals surface area contributed by atoms with Gasteiger partial charge in [0.05, 0.1) is 0 Å². The molecule has 0 bridgehead atoms. The summed E-state index contributed by atoms with van der Waals surface area (Å²) in [6.45, 7) is 12.0. The molecule has 0 aromatic heterocycles. The molecule has 1 saturated carbocycles. The third kappa shape index (κ3) is 11.4. The maximum atomic E-state index is 8.63. The van der Waals surface area contributed by atoms with E-state index in [1.807, 2.05) is 18.2 Å². The van der Waals surface area contributed by atoms with Gasteiger partial charge in [0.1, 0.15) is 17.2 Å². The Kier molecular flexibility index (Phi) is 15.3. The van der Waals surface area contributed by atoms with Crippen molar-refractivity contribution in [2.45, 2.75) is 34.6 Å². The maximum Gasteiger partial charge on any atom is 0.115 e. The molecule has 0 unspecified atom stereocenters. The van der Waals surface area contributed by atoms with Crippen LogP contribution in [0.1, 0.15) is 34.6 Å². The fourth-order valence-electron chi connectivity index (χ4n) is 3.68. The number of benzene rings is 3. The third-order valence-electron chi connectivity index (χ3n) is 6.42. The van der Waals surface area contributed by atoms with Crippen LogP contribution in [0.4, 0.5) is 0 Å². The van der Waals surface area contributed by atoms with Crippen LogP contribution in [0, 0.1) is 29.6 Å². The van der Waals surface area contributed by atoms with Crippen LogP contribution < -0.4 is 0 Å². The summed E-state index contributed by atoms with van der Waals surface area (Å²) < 4.78 is 0. The minimum atomic E-state index is 0. The summed E-state index contributed by atoms with van der Waals surface area (Å²) in [4.78, 5) is 0. The van der Waals surface area contributed by atoms with Crippen LogP contribution in [0.5, 0.6) is 17.2 Å². The van der Waals surface area contributed by atoms with Crippen LogP contribution in [-0.4, -0.2) is 15.3 Å². The topological polar surface area (TPSA) is 60.7 Å². The molecule has 0 aliphatic heterocycles. The average Bonchev–Trinajstić information content (AvgIpc) is 2.94. The van der Waals surface area contributed by atoms with E-state index in [0.717, 1.165) is 29.6 Å². The number of phenolic OH excluding ortho intramolecular Hbond substituents is 3. The minimum absolute atomic E-state index is 0. The molecule has 4 rings (SSSR count). The minimum Gasteiger partial charge on any atom is -0.508 e. The predicted octanol–water partition coefficient (Wildman–Crippen LogP) is 7.35. The molecule has 0 spiro atoms. The van der Waals surface area contributed by atoms with Crippen molar-refractivity contribution in [1.82, 2.24) is 0 Å². The Balaban J connectivity index is 0.000000401. The molecule has 172 valence electrons. The first-order chi connectivity index (χ1) is 14.7. The number of phenols is 3. The van der Waals surface area contributed by atoms with Crippen molar-refractivity contribution in [3.05, 3.63) is 91.0 Å². The predicted molar refractivity (Wildman–Crippen MR) is 130 cm³/mol. The molecule has 0 atom stereocenters. The number of hydrogen-bond acceptors (Lipinski definition) is 3. The SMILES string of the molecule is CC1C(C)C(C)C(C)C1C.Oc1ccccc1.Oc1ccccc1.Oc1ccccc1.[Ti]. The van der Waals surface area contributed by atoms with Crippen molar-refractivity contribution in [3.8, 4) is 17.2 Å². The van der Waals surface area contributed by atoms with E-state index in [9.17, 15) is 0 Å². The van der Waals surface area contributed by atoms with E-state index < -0.39 is 0 Å². The molecule has 1 aliphatic carbocycles. The normalized spacial score (nSPS) is 23.0. The summed E-state index contributed by atoms with van der Waals surface area (Å²) in [5.74, 6) is 5.64. The largest absolute Gasteiger partial charge is 0.508 e. The van der Waals surface area contributed by atoms with Crippen LogP contribution in [0.2, 0.25) is 0 Å². The summed E-state index contributed by atoms with van der Waals surface area (Å²) >= 11 is 0. The van der Waals surface area contributed by atoms with Gasteiger partial charge in [-0.1, -0.05) is 89.2 Å². The van der Waals surface area contributed by atoms with Crippen molar-refractivity contribution >= 4 is 0 Å². The quantitative estimate of drug-likeness (QED) is 0.301. The van der Waals surface area contributed by atoms with Crippen molar-refractivity contribution in [2.24, 2.45) is 29.6 Å². The maximum absolute atomic E-state index is 8.63. The van der Waals surface area contributed by atoms with Gasteiger partial charge in [0.25, 0.3) is 0 Å². The fraction of sp³-hybridized carbons (Fsp3) is 0.357. The van der Waals surface area contributed by atoms with E-state index in [2.05, 4.69) is 34.6 Å². The van der Waals surface area contributed by atoms with Crippen molar-refractivity contribution in [2.75, 3.05) is 0 Å². The van der Waals surface area contributed by atoms with Gasteiger partial charge in [-0.2, -0.15) is 0 Å². The molecule has 3 N–H and O–H groups in total. The summed E-state index contributed by atoms with van der Waals surface area (Å²) in [5.41, 5.74) is 0. The number of para-hydroxylation sites is 3. The Morgan fingerprint density at radius 2 is 0.531 bits per heavy atom. The monoisotopic (exact) mass is 470 g/mol. The van der Waals surface area contributed by atoms with Crippen LogP contribution in [-0.2, 0) is 21.7 Å². The molecule has 3 aromatic rings. The molecule has 0 heterocycles. The number of hydrogen-bond donors (Lipinski definition) is 3. The van der Waals surface area contributed by atoms with E-state index >= 15 is 0 Å². The molecule has 32 heavy (non-hydrogen) atoms. The number of rotatable bonds is 0. The Hall–Kier alpha value is -2.23. The van der Waals surface area contributed by atoms with Gasteiger partial charge in [-0.3, -0.25) is 0 Å². The molecule has 1 aliphatic rings. The second-order valence-corrected chi connectivity index (χ2v) is 8.30. The Labute approximate surface area is 209 Å². The molecule has 3 nitrogen and oxygen atoms in total. The van der Waals surface area contributed by atoms with Gasteiger partial charge < -0.3 is 15.3 Å². The first kappa shape index (κ1) is 29.8. The Morgan fingerprint density at radius 3 is 0.625 bits per heavy atom. The zero-order chi connectivity index (χ0) is 23.2. The first-order valence-corrected chi connectivity index (χ1v) is 11.0. The van der Waals surface area contributed by atoms with E-state index in [1.165, 1.54) is 0 Å². The second-order valence-electron chi connectivity index (χ2n) is 8.30. The van der Waals surface area contributed by atoms with Crippen LogP contribution in [0.25, 0.3) is 0 Å². The molecule has 0 saturated heterocycles. The molecule has 4 heteroatoms. The average molecular weight is 470 g/mol. The van der Waals surface area contributed by atoms with Gasteiger partial charge in [0.2, 0.25) is 0 Å². The smallest absolute Gasteiger partial charge is 0.115 e. The van der Waals surface area contributed by atoms with Crippen molar-refractivity contribution in [3.63, 3.8) is 0 Å². The fourth-order valence-corrected chi connectivity index (χ4v) is 3.68. The standard InChI is InChI=1S/C10H20.3C6H6O.Ti/c1-6-7(2)9(4)10(5)8(6)3;3*7-6-4-2-1-3-5-6;/h6-10H,1-5H3;3*1-5,7H;. The van der Waals surface area contributed by atoms with Crippen molar-refractivity contribution < 1.29 is 37.0 Å². The second kappa shape index (κ2) is 16.4. The number of aromatic hydroxyl groups is 3. The molecule has 0 amide bonds. The van der Waals surface area contributed by atoms with E-state index in [1.54, 1.807) is 72.8 Å². The van der Waals surface area contributed by atoms with E-state index in [4.69, 9.17) is 15.3 Å². The van der Waals surface area contributed by atoms with Crippen LogP contribution >= 0.6 is 0 Å².